The van der Waals surface area contributed by atoms with E-state index in [2.05, 4.69) is 15.1 Å². The van der Waals surface area contributed by atoms with Gasteiger partial charge in [0, 0.05) is 19.4 Å². The third-order valence-corrected chi connectivity index (χ3v) is 3.12. The maximum absolute atomic E-state index is 6.11. The fraction of sp³-hybridized carbons (Fsp3) is 0.500. The van der Waals surface area contributed by atoms with E-state index in [0.717, 1.165) is 19.3 Å². The van der Waals surface area contributed by atoms with E-state index in [1.807, 2.05) is 17.8 Å². The Morgan fingerprint density at radius 2 is 2.31 bits per heavy atom. The van der Waals surface area contributed by atoms with E-state index in [4.69, 9.17) is 10.3 Å². The fourth-order valence-electron chi connectivity index (χ4n) is 1.87. The van der Waals surface area contributed by atoms with Crippen LogP contribution in [0.3, 0.4) is 0 Å². The van der Waals surface area contributed by atoms with Crippen molar-refractivity contribution < 1.29 is 4.52 Å². The van der Waals surface area contributed by atoms with Crippen LogP contribution in [0.4, 0.5) is 0 Å². The average Bonchev–Trinajstić information content (AvgIpc) is 2.82. The summed E-state index contributed by atoms with van der Waals surface area (Å²) < 4.78 is 7.06. The molecule has 16 heavy (non-hydrogen) atoms. The first-order valence-electron chi connectivity index (χ1n) is 5.30. The lowest BCUT2D eigenvalue weighted by Gasteiger charge is -2.33. The SMILES string of the molecule is Cn1ccnc1-c1noc(C2(N)CCC2)n1. The van der Waals surface area contributed by atoms with E-state index in [0.29, 0.717) is 17.5 Å². The summed E-state index contributed by atoms with van der Waals surface area (Å²) in [6.07, 6.45) is 6.49. The predicted octanol–water partition coefficient (Wildman–Crippen LogP) is 0.808. The van der Waals surface area contributed by atoms with E-state index < -0.39 is 5.54 Å². The van der Waals surface area contributed by atoms with E-state index in [1.165, 1.54) is 0 Å². The van der Waals surface area contributed by atoms with Crippen molar-refractivity contribution in [2.45, 2.75) is 24.8 Å². The molecule has 0 unspecified atom stereocenters. The Labute approximate surface area is 92.5 Å². The second-order valence-corrected chi connectivity index (χ2v) is 4.29. The number of nitrogens with two attached hydrogens (primary N) is 1. The van der Waals surface area contributed by atoms with Crippen LogP contribution in [-0.4, -0.2) is 19.7 Å². The van der Waals surface area contributed by atoms with Crippen LogP contribution in [0.5, 0.6) is 0 Å². The molecule has 2 aromatic heterocycles. The van der Waals surface area contributed by atoms with Crippen LogP contribution in [0.15, 0.2) is 16.9 Å². The van der Waals surface area contributed by atoms with Crippen molar-refractivity contribution in [2.24, 2.45) is 12.8 Å². The Balaban J connectivity index is 1.97. The maximum Gasteiger partial charge on any atom is 0.247 e. The van der Waals surface area contributed by atoms with Crippen LogP contribution in [-0.2, 0) is 12.6 Å². The van der Waals surface area contributed by atoms with E-state index in [1.54, 1.807) is 6.20 Å². The van der Waals surface area contributed by atoms with Crippen LogP contribution in [0.2, 0.25) is 0 Å². The lowest BCUT2D eigenvalue weighted by Crippen LogP contribution is -2.43. The highest BCUT2D eigenvalue weighted by Crippen LogP contribution is 2.38. The van der Waals surface area contributed by atoms with E-state index >= 15 is 0 Å². The smallest absolute Gasteiger partial charge is 0.247 e. The topological polar surface area (TPSA) is 82.8 Å². The molecule has 0 radical (unpaired) electrons. The van der Waals surface area contributed by atoms with Crippen LogP contribution in [0, 0.1) is 0 Å². The molecule has 0 atom stereocenters. The Morgan fingerprint density at radius 3 is 2.88 bits per heavy atom. The van der Waals surface area contributed by atoms with Gasteiger partial charge in [-0.3, -0.25) is 0 Å². The highest BCUT2D eigenvalue weighted by Gasteiger charge is 2.40. The first-order chi connectivity index (χ1) is 7.69. The van der Waals surface area contributed by atoms with Crippen LogP contribution < -0.4 is 5.73 Å². The molecular weight excluding hydrogens is 206 g/mol. The van der Waals surface area contributed by atoms with Crippen LogP contribution >= 0.6 is 0 Å². The monoisotopic (exact) mass is 219 g/mol. The first-order valence-corrected chi connectivity index (χ1v) is 5.30. The number of rotatable bonds is 2. The number of aromatic nitrogens is 4. The molecule has 1 fully saturated rings. The lowest BCUT2D eigenvalue weighted by atomic mass is 9.78. The quantitative estimate of drug-likeness (QED) is 0.808. The van der Waals surface area contributed by atoms with E-state index in [-0.39, 0.29) is 0 Å². The summed E-state index contributed by atoms with van der Waals surface area (Å²) in [5, 5.41) is 3.92. The van der Waals surface area contributed by atoms with Crippen molar-refractivity contribution in [1.29, 1.82) is 0 Å². The third kappa shape index (κ3) is 1.26. The number of hydrogen-bond donors (Lipinski definition) is 1. The lowest BCUT2D eigenvalue weighted by molar-refractivity contribution is 0.181. The molecular formula is C10H13N5O. The number of aryl methyl sites for hydroxylation is 1. The summed E-state index contributed by atoms with van der Waals surface area (Å²) in [6.45, 7) is 0. The standard InChI is InChI=1S/C10H13N5O/c1-15-6-5-12-8(15)7-13-9(16-14-7)10(11)3-2-4-10/h5-6H,2-4,11H2,1H3. The van der Waals surface area contributed by atoms with Gasteiger partial charge in [-0.15, -0.1) is 0 Å². The maximum atomic E-state index is 6.11. The zero-order chi connectivity index (χ0) is 11.2. The van der Waals surface area contributed by atoms with Crippen LogP contribution in [0.1, 0.15) is 25.2 Å². The summed E-state index contributed by atoms with van der Waals surface area (Å²) in [7, 11) is 1.89. The normalized spacial score (nSPS) is 18.4. The summed E-state index contributed by atoms with van der Waals surface area (Å²) in [5.41, 5.74) is 5.70. The molecule has 84 valence electrons. The summed E-state index contributed by atoms with van der Waals surface area (Å²) in [6, 6.07) is 0. The molecule has 2 heterocycles. The minimum Gasteiger partial charge on any atom is -0.337 e. The van der Waals surface area contributed by atoms with Crippen molar-refractivity contribution in [3.05, 3.63) is 18.3 Å². The van der Waals surface area contributed by atoms with Gasteiger partial charge in [0.1, 0.15) is 0 Å². The van der Waals surface area contributed by atoms with Crippen LogP contribution in [0.25, 0.3) is 11.6 Å². The number of hydrogen-bond acceptors (Lipinski definition) is 5. The summed E-state index contributed by atoms with van der Waals surface area (Å²) in [5.74, 6) is 1.72. The predicted molar refractivity (Wildman–Crippen MR) is 56.2 cm³/mol. The highest BCUT2D eigenvalue weighted by molar-refractivity contribution is 5.42. The molecule has 2 aromatic rings. The second-order valence-electron chi connectivity index (χ2n) is 4.29. The number of imidazole rings is 1. The fourth-order valence-corrected chi connectivity index (χ4v) is 1.87. The molecule has 1 aliphatic carbocycles. The Hall–Kier alpha value is -1.69. The zero-order valence-electron chi connectivity index (χ0n) is 9.05. The van der Waals surface area contributed by atoms with Gasteiger partial charge in [0.2, 0.25) is 11.7 Å². The largest absolute Gasteiger partial charge is 0.337 e. The van der Waals surface area contributed by atoms with Gasteiger partial charge >= 0.3 is 0 Å². The summed E-state index contributed by atoms with van der Waals surface area (Å²) in [4.78, 5) is 8.48. The highest BCUT2D eigenvalue weighted by atomic mass is 16.5. The molecule has 1 aliphatic rings. The van der Waals surface area contributed by atoms with Gasteiger partial charge in [-0.05, 0) is 19.3 Å². The molecule has 0 aromatic carbocycles. The summed E-state index contributed by atoms with van der Waals surface area (Å²) >= 11 is 0. The van der Waals surface area contributed by atoms with Gasteiger partial charge in [0.05, 0.1) is 5.54 Å². The Morgan fingerprint density at radius 1 is 1.50 bits per heavy atom. The molecule has 0 amide bonds. The van der Waals surface area contributed by atoms with Crippen molar-refractivity contribution in [1.82, 2.24) is 19.7 Å². The minimum atomic E-state index is -0.406. The first kappa shape index (κ1) is 9.53. The third-order valence-electron chi connectivity index (χ3n) is 3.12. The average molecular weight is 219 g/mol. The van der Waals surface area contributed by atoms with Crippen molar-refractivity contribution in [2.75, 3.05) is 0 Å². The molecule has 0 bridgehead atoms. The van der Waals surface area contributed by atoms with Crippen molar-refractivity contribution >= 4 is 0 Å². The van der Waals surface area contributed by atoms with Crippen molar-refractivity contribution in [3.8, 4) is 11.6 Å². The molecule has 6 nitrogen and oxygen atoms in total. The van der Waals surface area contributed by atoms with E-state index in [9.17, 15) is 0 Å². The van der Waals surface area contributed by atoms with Gasteiger partial charge in [-0.2, -0.15) is 4.98 Å². The molecule has 6 heteroatoms. The Bertz CT molecular complexity index is 511. The minimum absolute atomic E-state index is 0.406. The zero-order valence-corrected chi connectivity index (χ0v) is 9.05. The van der Waals surface area contributed by atoms with Gasteiger partial charge in [-0.1, -0.05) is 5.16 Å². The Kier molecular flexibility index (Phi) is 1.88. The molecule has 1 saturated carbocycles. The van der Waals surface area contributed by atoms with Crippen molar-refractivity contribution in [3.63, 3.8) is 0 Å². The molecule has 0 saturated heterocycles. The second kappa shape index (κ2) is 3.15. The number of nitrogens with zero attached hydrogens (tertiary/aromatic N) is 4. The molecule has 2 N–H and O–H groups in total. The molecule has 0 spiro atoms. The molecule has 0 aliphatic heterocycles. The van der Waals surface area contributed by atoms with Gasteiger partial charge in [0.25, 0.3) is 0 Å². The van der Waals surface area contributed by atoms with Gasteiger partial charge in [0.15, 0.2) is 5.82 Å². The van der Waals surface area contributed by atoms with Gasteiger partial charge < -0.3 is 14.8 Å². The van der Waals surface area contributed by atoms with Gasteiger partial charge in [-0.25, -0.2) is 4.98 Å². The molecule has 3 rings (SSSR count).